The van der Waals surface area contributed by atoms with E-state index in [-0.39, 0.29) is 5.97 Å². The zero-order valence-electron chi connectivity index (χ0n) is 21.8. The molecule has 0 aromatic heterocycles. The SMILES string of the molecule is CCCC(=O)OS(c1ccc(C(C)C)cc1)(c1ccc(C(C)C)cc1)c1ccc(C(C)C)cc1. The summed E-state index contributed by atoms with van der Waals surface area (Å²) in [6.07, 6.45) is 1.17. The van der Waals surface area contributed by atoms with Crippen molar-refractivity contribution >= 4 is 16.3 Å². The maximum absolute atomic E-state index is 13.1. The Morgan fingerprint density at radius 1 is 0.618 bits per heavy atom. The van der Waals surface area contributed by atoms with E-state index in [0.29, 0.717) is 24.2 Å². The van der Waals surface area contributed by atoms with Crippen molar-refractivity contribution in [1.82, 2.24) is 0 Å². The number of carbonyl (C=O) groups excluding carboxylic acids is 1. The van der Waals surface area contributed by atoms with E-state index in [9.17, 15) is 4.79 Å². The molecule has 0 unspecified atom stereocenters. The van der Waals surface area contributed by atoms with E-state index in [2.05, 4.69) is 114 Å². The average Bonchev–Trinajstić information content (AvgIpc) is 2.83. The Kier molecular flexibility index (Phi) is 8.65. The summed E-state index contributed by atoms with van der Waals surface area (Å²) in [5.41, 5.74) is 3.84. The first-order chi connectivity index (χ1) is 16.2. The van der Waals surface area contributed by atoms with E-state index in [1.54, 1.807) is 0 Å². The lowest BCUT2D eigenvalue weighted by atomic mass is 10.0. The standard InChI is InChI=1S/C31H40O2S/c1-8-9-31(32)33-34(28-16-10-25(11-17-28)22(2)3,29-18-12-26(13-19-29)23(4)5)30-20-14-27(15-21-30)24(6)7/h10-24H,8-9H2,1-7H3. The first kappa shape index (κ1) is 26.1. The summed E-state index contributed by atoms with van der Waals surface area (Å²) < 4.78 is 6.58. The molecule has 182 valence electrons. The second-order valence-electron chi connectivity index (χ2n) is 9.93. The molecule has 0 N–H and O–H groups in total. The molecule has 3 aromatic rings. The summed E-state index contributed by atoms with van der Waals surface area (Å²) in [7, 11) is -2.23. The van der Waals surface area contributed by atoms with Crippen LogP contribution in [0.3, 0.4) is 0 Å². The zero-order valence-corrected chi connectivity index (χ0v) is 22.6. The van der Waals surface area contributed by atoms with Gasteiger partial charge in [-0.25, -0.2) is 0 Å². The summed E-state index contributed by atoms with van der Waals surface area (Å²) in [5, 5.41) is 0. The van der Waals surface area contributed by atoms with Crippen molar-refractivity contribution in [2.24, 2.45) is 0 Å². The molecule has 3 aromatic carbocycles. The molecule has 0 atom stereocenters. The van der Waals surface area contributed by atoms with Gasteiger partial charge in [0.2, 0.25) is 0 Å². The van der Waals surface area contributed by atoms with Crippen molar-refractivity contribution < 1.29 is 8.98 Å². The third kappa shape index (κ3) is 5.58. The minimum atomic E-state index is -2.23. The van der Waals surface area contributed by atoms with Gasteiger partial charge in [0.15, 0.2) is 0 Å². The monoisotopic (exact) mass is 476 g/mol. The third-order valence-electron chi connectivity index (χ3n) is 6.31. The molecular formula is C31H40O2S. The number of hydrogen-bond donors (Lipinski definition) is 0. The molecule has 3 rings (SSSR count). The molecular weight excluding hydrogens is 436 g/mol. The van der Waals surface area contributed by atoms with Crippen LogP contribution in [-0.4, -0.2) is 5.97 Å². The Hall–Kier alpha value is -2.52. The Balaban J connectivity index is 2.28. The van der Waals surface area contributed by atoms with Crippen molar-refractivity contribution in [3.8, 4) is 0 Å². The van der Waals surface area contributed by atoms with Crippen LogP contribution >= 0.6 is 10.3 Å². The predicted octanol–water partition coefficient (Wildman–Crippen LogP) is 9.60. The van der Waals surface area contributed by atoms with Gasteiger partial charge in [0.1, 0.15) is 0 Å². The van der Waals surface area contributed by atoms with Gasteiger partial charge in [-0.05, 0) is 87.6 Å². The number of carbonyl (C=O) groups is 1. The molecule has 0 fully saturated rings. The number of rotatable bonds is 9. The van der Waals surface area contributed by atoms with Crippen molar-refractivity contribution in [3.05, 3.63) is 89.5 Å². The van der Waals surface area contributed by atoms with E-state index in [1.807, 2.05) is 6.92 Å². The minimum absolute atomic E-state index is 0.147. The summed E-state index contributed by atoms with van der Waals surface area (Å²) in [6.45, 7) is 15.2. The molecule has 0 aliphatic carbocycles. The molecule has 0 aliphatic heterocycles. The van der Waals surface area contributed by atoms with Crippen LogP contribution in [0.1, 0.15) is 95.8 Å². The van der Waals surface area contributed by atoms with Gasteiger partial charge in [0.05, 0.1) is 0 Å². The normalized spacial score (nSPS) is 12.4. The maximum Gasteiger partial charge on any atom is 0.317 e. The van der Waals surface area contributed by atoms with Gasteiger partial charge in [-0.2, -0.15) is 0 Å². The Morgan fingerprint density at radius 3 is 1.15 bits per heavy atom. The van der Waals surface area contributed by atoms with Gasteiger partial charge in [0.25, 0.3) is 0 Å². The highest BCUT2D eigenvalue weighted by atomic mass is 32.3. The van der Waals surface area contributed by atoms with Crippen molar-refractivity contribution in [2.45, 2.75) is 93.7 Å². The molecule has 34 heavy (non-hydrogen) atoms. The maximum atomic E-state index is 13.1. The van der Waals surface area contributed by atoms with Gasteiger partial charge in [-0.15, -0.1) is 0 Å². The van der Waals surface area contributed by atoms with Gasteiger partial charge in [-0.1, -0.05) is 84.9 Å². The first-order valence-electron chi connectivity index (χ1n) is 12.5. The molecule has 0 heterocycles. The second kappa shape index (κ2) is 11.3. The highest BCUT2D eigenvalue weighted by Crippen LogP contribution is 2.69. The highest BCUT2D eigenvalue weighted by molar-refractivity contribution is 8.30. The predicted molar refractivity (Wildman–Crippen MR) is 145 cm³/mol. The highest BCUT2D eigenvalue weighted by Gasteiger charge is 2.35. The third-order valence-corrected chi connectivity index (χ3v) is 9.55. The summed E-state index contributed by atoms with van der Waals surface area (Å²) >= 11 is 0. The Labute approximate surface area is 208 Å². The Morgan fingerprint density at radius 2 is 0.912 bits per heavy atom. The van der Waals surface area contributed by atoms with Crippen LogP contribution in [0.2, 0.25) is 0 Å². The number of benzene rings is 3. The van der Waals surface area contributed by atoms with Crippen LogP contribution in [0.15, 0.2) is 87.5 Å². The fourth-order valence-corrected chi connectivity index (χ4v) is 7.10. The largest absolute Gasteiger partial charge is 0.402 e. The van der Waals surface area contributed by atoms with E-state index < -0.39 is 10.3 Å². The molecule has 3 heteroatoms. The van der Waals surface area contributed by atoms with Gasteiger partial charge < -0.3 is 4.18 Å². The summed E-state index contributed by atoms with van der Waals surface area (Å²) in [4.78, 5) is 16.3. The summed E-state index contributed by atoms with van der Waals surface area (Å²) in [5.74, 6) is 1.18. The molecule has 0 radical (unpaired) electrons. The fraction of sp³-hybridized carbons (Fsp3) is 0.387. The van der Waals surface area contributed by atoms with Crippen LogP contribution in [0, 0.1) is 0 Å². The molecule has 0 amide bonds. The molecule has 0 bridgehead atoms. The summed E-state index contributed by atoms with van der Waals surface area (Å²) in [6, 6.07) is 26.1. The Bertz CT molecular complexity index is 937. The van der Waals surface area contributed by atoms with Crippen molar-refractivity contribution in [2.75, 3.05) is 0 Å². The second-order valence-corrected chi connectivity index (χ2v) is 12.6. The van der Waals surface area contributed by atoms with Gasteiger partial charge in [0, 0.05) is 21.1 Å². The molecule has 0 spiro atoms. The van der Waals surface area contributed by atoms with Crippen molar-refractivity contribution in [1.29, 1.82) is 0 Å². The van der Waals surface area contributed by atoms with Crippen LogP contribution in [0.25, 0.3) is 0 Å². The molecule has 0 aliphatic rings. The zero-order chi connectivity index (χ0) is 24.9. The topological polar surface area (TPSA) is 26.3 Å². The van der Waals surface area contributed by atoms with Gasteiger partial charge in [-0.3, -0.25) is 4.79 Å². The molecule has 0 saturated heterocycles. The van der Waals surface area contributed by atoms with Crippen LogP contribution in [-0.2, 0) is 8.98 Å². The van der Waals surface area contributed by atoms with E-state index >= 15 is 0 Å². The lowest BCUT2D eigenvalue weighted by Crippen LogP contribution is -2.14. The molecule has 2 nitrogen and oxygen atoms in total. The van der Waals surface area contributed by atoms with Crippen LogP contribution in [0.5, 0.6) is 0 Å². The van der Waals surface area contributed by atoms with Crippen molar-refractivity contribution in [3.63, 3.8) is 0 Å². The lowest BCUT2D eigenvalue weighted by molar-refractivity contribution is -0.133. The lowest BCUT2D eigenvalue weighted by Gasteiger charge is -2.40. The fourth-order valence-electron chi connectivity index (χ4n) is 4.07. The van der Waals surface area contributed by atoms with E-state index in [1.165, 1.54) is 16.7 Å². The van der Waals surface area contributed by atoms with E-state index in [0.717, 1.165) is 21.1 Å². The average molecular weight is 477 g/mol. The number of hydrogen-bond acceptors (Lipinski definition) is 2. The minimum Gasteiger partial charge on any atom is -0.402 e. The first-order valence-corrected chi connectivity index (χ1v) is 14.1. The smallest absolute Gasteiger partial charge is 0.317 e. The van der Waals surface area contributed by atoms with Crippen LogP contribution in [0.4, 0.5) is 0 Å². The van der Waals surface area contributed by atoms with E-state index in [4.69, 9.17) is 4.18 Å². The van der Waals surface area contributed by atoms with Crippen LogP contribution < -0.4 is 0 Å². The molecule has 0 saturated carbocycles. The quantitative estimate of drug-likeness (QED) is 0.307. The van der Waals surface area contributed by atoms with Gasteiger partial charge >= 0.3 is 5.97 Å².